The van der Waals surface area contributed by atoms with Crippen molar-refractivity contribution in [3.05, 3.63) is 97.9 Å². The minimum absolute atomic E-state index is 0.0649. The van der Waals surface area contributed by atoms with E-state index in [1.54, 1.807) is 12.1 Å². The van der Waals surface area contributed by atoms with Gasteiger partial charge < -0.3 is 4.52 Å². The summed E-state index contributed by atoms with van der Waals surface area (Å²) in [6.45, 7) is 1.78. The van der Waals surface area contributed by atoms with E-state index in [0.29, 0.717) is 11.3 Å². The molecule has 0 unspecified atom stereocenters. The van der Waals surface area contributed by atoms with E-state index in [1.165, 1.54) is 39.7 Å². The van der Waals surface area contributed by atoms with Crippen molar-refractivity contribution in [3.63, 3.8) is 0 Å². The summed E-state index contributed by atoms with van der Waals surface area (Å²) in [6.07, 6.45) is 3.00. The van der Waals surface area contributed by atoms with Crippen molar-refractivity contribution in [1.82, 2.24) is 19.3 Å². The second kappa shape index (κ2) is 7.48. The highest BCUT2D eigenvalue weighted by Crippen LogP contribution is 2.22. The third-order valence-electron chi connectivity index (χ3n) is 4.38. The van der Waals surface area contributed by atoms with Gasteiger partial charge in [0.25, 0.3) is 0 Å². The highest BCUT2D eigenvalue weighted by atomic mass is 35.5. The number of aromatic nitrogens is 4. The van der Waals surface area contributed by atoms with E-state index in [1.807, 2.05) is 19.1 Å². The van der Waals surface area contributed by atoms with Gasteiger partial charge in [0.15, 0.2) is 0 Å². The Morgan fingerprint density at radius 2 is 1.90 bits per heavy atom. The number of benzene rings is 2. The molecule has 0 saturated heterocycles. The Morgan fingerprint density at radius 1 is 1.10 bits per heavy atom. The maximum absolute atomic E-state index is 13.3. The van der Waals surface area contributed by atoms with E-state index in [2.05, 4.69) is 10.1 Å². The average molecular weight is 413 g/mol. The summed E-state index contributed by atoms with van der Waals surface area (Å²) in [4.78, 5) is 29.2. The number of nitrogens with zero attached hydrogens (tertiary/aromatic N) is 4. The molecule has 0 amide bonds. The van der Waals surface area contributed by atoms with Crippen LogP contribution in [0.3, 0.4) is 0 Å². The summed E-state index contributed by atoms with van der Waals surface area (Å²) in [6, 6.07) is 11.3. The van der Waals surface area contributed by atoms with Gasteiger partial charge >= 0.3 is 11.1 Å². The molecule has 2 aromatic heterocycles. The number of rotatable bonds is 4. The fourth-order valence-electron chi connectivity index (χ4n) is 2.87. The molecule has 0 aliphatic rings. The molecule has 0 radical (unpaired) electrons. The van der Waals surface area contributed by atoms with Gasteiger partial charge in [-0.3, -0.25) is 18.7 Å². The molecule has 4 aromatic rings. The van der Waals surface area contributed by atoms with Gasteiger partial charge in [-0.15, -0.1) is 0 Å². The van der Waals surface area contributed by atoms with Crippen LogP contribution >= 0.6 is 11.6 Å². The summed E-state index contributed by atoms with van der Waals surface area (Å²) in [5.41, 5.74) is 0.558. The van der Waals surface area contributed by atoms with Crippen LogP contribution in [0.15, 0.2) is 69.0 Å². The van der Waals surface area contributed by atoms with Gasteiger partial charge in [-0.05, 0) is 36.8 Å². The minimum Gasteiger partial charge on any atom is -0.337 e. The molecule has 0 fully saturated rings. The number of hydrogen-bond donors (Lipinski definition) is 0. The van der Waals surface area contributed by atoms with Gasteiger partial charge in [0.2, 0.25) is 11.7 Å². The van der Waals surface area contributed by atoms with Crippen LogP contribution in [0, 0.1) is 12.7 Å². The van der Waals surface area contributed by atoms with Crippen LogP contribution in [-0.2, 0) is 6.54 Å². The van der Waals surface area contributed by atoms with Crippen LogP contribution in [-0.4, -0.2) is 19.3 Å². The zero-order chi connectivity index (χ0) is 20.5. The van der Waals surface area contributed by atoms with Gasteiger partial charge in [-0.1, -0.05) is 35.0 Å². The van der Waals surface area contributed by atoms with Gasteiger partial charge in [0.05, 0.1) is 10.7 Å². The molecule has 9 heteroatoms. The number of aryl methyl sites for hydroxylation is 1. The lowest BCUT2D eigenvalue weighted by Gasteiger charge is -2.09. The number of hydrogen-bond acceptors (Lipinski definition) is 5. The second-order valence-corrected chi connectivity index (χ2v) is 6.74. The van der Waals surface area contributed by atoms with Crippen LogP contribution in [0.25, 0.3) is 17.1 Å². The van der Waals surface area contributed by atoms with Crippen LogP contribution in [0.5, 0.6) is 0 Å². The molecule has 0 spiro atoms. The van der Waals surface area contributed by atoms with Gasteiger partial charge in [0.1, 0.15) is 12.4 Å². The predicted molar refractivity (Wildman–Crippen MR) is 105 cm³/mol. The van der Waals surface area contributed by atoms with Crippen molar-refractivity contribution < 1.29 is 8.91 Å². The fraction of sp³-hybridized carbons (Fsp3) is 0.100. The monoisotopic (exact) mass is 412 g/mol. The van der Waals surface area contributed by atoms with Crippen LogP contribution in [0.1, 0.15) is 11.5 Å². The average Bonchev–Trinajstić information content (AvgIpc) is 3.17. The summed E-state index contributed by atoms with van der Waals surface area (Å²) >= 11 is 5.77. The third-order valence-corrected chi connectivity index (χ3v) is 4.67. The molecule has 0 saturated carbocycles. The van der Waals surface area contributed by atoms with Crippen LogP contribution in [0.2, 0.25) is 5.02 Å². The van der Waals surface area contributed by atoms with Gasteiger partial charge in [-0.2, -0.15) is 4.98 Å². The van der Waals surface area contributed by atoms with Crippen molar-refractivity contribution in [2.45, 2.75) is 13.5 Å². The SMILES string of the molecule is Cc1ccccc1-n1ccn(Cc2nc(-c3ccc(F)c(Cl)c3)no2)c(=O)c1=O. The lowest BCUT2D eigenvalue weighted by Crippen LogP contribution is -2.40. The maximum atomic E-state index is 13.3. The van der Waals surface area contributed by atoms with Crippen molar-refractivity contribution >= 4 is 11.6 Å². The molecule has 0 aliphatic heterocycles. The highest BCUT2D eigenvalue weighted by Gasteiger charge is 2.14. The summed E-state index contributed by atoms with van der Waals surface area (Å²) in [7, 11) is 0. The molecular formula is C20H14ClFN4O3. The van der Waals surface area contributed by atoms with Crippen molar-refractivity contribution in [3.8, 4) is 17.1 Å². The van der Waals surface area contributed by atoms with Crippen molar-refractivity contribution in [2.75, 3.05) is 0 Å². The Balaban J connectivity index is 1.64. The first-order valence-electron chi connectivity index (χ1n) is 8.60. The molecule has 0 N–H and O–H groups in total. The van der Waals surface area contributed by atoms with E-state index < -0.39 is 16.9 Å². The predicted octanol–water partition coefficient (Wildman–Crippen LogP) is 3.20. The number of halogens is 2. The molecule has 29 heavy (non-hydrogen) atoms. The summed E-state index contributed by atoms with van der Waals surface area (Å²) in [5.74, 6) is -0.237. The van der Waals surface area contributed by atoms with E-state index in [0.717, 1.165) is 5.56 Å². The van der Waals surface area contributed by atoms with Gasteiger partial charge in [0, 0.05) is 18.0 Å². The Kier molecular flexibility index (Phi) is 4.85. The second-order valence-electron chi connectivity index (χ2n) is 6.33. The summed E-state index contributed by atoms with van der Waals surface area (Å²) in [5, 5.41) is 3.75. The molecule has 0 atom stereocenters. The molecule has 2 aromatic carbocycles. The molecule has 0 bridgehead atoms. The van der Waals surface area contributed by atoms with Crippen LogP contribution < -0.4 is 11.1 Å². The first kappa shape index (κ1) is 18.8. The third kappa shape index (κ3) is 3.62. The molecule has 2 heterocycles. The largest absolute Gasteiger partial charge is 0.337 e. The Bertz CT molecular complexity index is 1330. The van der Waals surface area contributed by atoms with Crippen LogP contribution in [0.4, 0.5) is 4.39 Å². The zero-order valence-corrected chi connectivity index (χ0v) is 15.9. The smallest absolute Gasteiger partial charge is 0.320 e. The van der Waals surface area contributed by atoms with E-state index in [4.69, 9.17) is 16.1 Å². The molecular weight excluding hydrogens is 399 g/mol. The van der Waals surface area contributed by atoms with Crippen molar-refractivity contribution in [1.29, 1.82) is 0 Å². The maximum Gasteiger partial charge on any atom is 0.320 e. The Morgan fingerprint density at radius 3 is 2.66 bits per heavy atom. The lowest BCUT2D eigenvalue weighted by atomic mass is 10.2. The van der Waals surface area contributed by atoms with E-state index in [-0.39, 0.29) is 23.3 Å². The Labute approximate surface area is 168 Å². The quantitative estimate of drug-likeness (QED) is 0.481. The Hall–Kier alpha value is -3.52. The topological polar surface area (TPSA) is 82.9 Å². The molecule has 7 nitrogen and oxygen atoms in total. The van der Waals surface area contributed by atoms with Gasteiger partial charge in [-0.25, -0.2) is 4.39 Å². The molecule has 4 rings (SSSR count). The first-order chi connectivity index (χ1) is 13.9. The van der Waals surface area contributed by atoms with E-state index in [9.17, 15) is 14.0 Å². The standard InChI is InChI=1S/C20H14ClFN4O3/c1-12-4-2-3-5-16(12)26-9-8-25(19(27)20(26)28)11-17-23-18(24-29-17)13-6-7-15(22)14(21)10-13/h2-10H,11H2,1H3. The number of para-hydroxylation sites is 1. The molecule has 0 aliphatic carbocycles. The normalized spacial score (nSPS) is 11.0. The molecule has 146 valence electrons. The first-order valence-corrected chi connectivity index (χ1v) is 8.98. The lowest BCUT2D eigenvalue weighted by molar-refractivity contribution is 0.369. The zero-order valence-electron chi connectivity index (χ0n) is 15.2. The van der Waals surface area contributed by atoms with E-state index >= 15 is 0 Å². The summed E-state index contributed by atoms with van der Waals surface area (Å²) < 4.78 is 20.9. The van der Waals surface area contributed by atoms with Crippen molar-refractivity contribution in [2.24, 2.45) is 0 Å². The highest BCUT2D eigenvalue weighted by molar-refractivity contribution is 6.31. The minimum atomic E-state index is -0.722. The fourth-order valence-corrected chi connectivity index (χ4v) is 3.05.